The molecule has 0 spiro atoms. The molecule has 4 atom stereocenters. The highest BCUT2D eigenvalue weighted by Crippen LogP contribution is 2.44. The quantitative estimate of drug-likeness (QED) is 0.477. The number of nitrogens with two attached hydrogens (primary N) is 1. The molecule has 0 radical (unpaired) electrons. The zero-order chi connectivity index (χ0) is 22.0. The van der Waals surface area contributed by atoms with Gasteiger partial charge in [-0.15, -0.1) is 0 Å². The number of allylic oxidation sites excluding steroid dienone is 4. The lowest BCUT2D eigenvalue weighted by Crippen LogP contribution is -2.32. The van der Waals surface area contributed by atoms with Crippen LogP contribution in [0.25, 0.3) is 5.70 Å². The molecular formula is C28H35N3. The van der Waals surface area contributed by atoms with Crippen LogP contribution >= 0.6 is 0 Å². The molecule has 3 heteroatoms. The molecule has 31 heavy (non-hydrogen) atoms. The summed E-state index contributed by atoms with van der Waals surface area (Å²) < 4.78 is 0. The van der Waals surface area contributed by atoms with E-state index in [4.69, 9.17) is 5.73 Å². The van der Waals surface area contributed by atoms with Crippen LogP contribution in [-0.2, 0) is 0 Å². The van der Waals surface area contributed by atoms with Gasteiger partial charge in [-0.05, 0) is 49.4 Å². The van der Waals surface area contributed by atoms with Crippen molar-refractivity contribution < 1.29 is 0 Å². The van der Waals surface area contributed by atoms with Crippen molar-refractivity contribution in [1.82, 2.24) is 5.32 Å². The van der Waals surface area contributed by atoms with E-state index in [-0.39, 0.29) is 0 Å². The summed E-state index contributed by atoms with van der Waals surface area (Å²) in [5.41, 5.74) is 14.5. The second kappa shape index (κ2) is 9.05. The fourth-order valence-electron chi connectivity index (χ4n) is 5.14. The molecular weight excluding hydrogens is 378 g/mol. The third kappa shape index (κ3) is 4.14. The van der Waals surface area contributed by atoms with Gasteiger partial charge >= 0.3 is 0 Å². The third-order valence-electron chi connectivity index (χ3n) is 6.69. The van der Waals surface area contributed by atoms with E-state index >= 15 is 0 Å². The Balaban J connectivity index is 0.00000112. The first kappa shape index (κ1) is 21.3. The third-order valence-corrected chi connectivity index (χ3v) is 6.69. The normalized spacial score (nSPS) is 25.2. The minimum Gasteiger partial charge on any atom is -0.397 e. The van der Waals surface area contributed by atoms with E-state index in [9.17, 15) is 0 Å². The average Bonchev–Trinajstić information content (AvgIpc) is 3.34. The molecule has 1 saturated carbocycles. The van der Waals surface area contributed by atoms with Gasteiger partial charge in [-0.1, -0.05) is 74.9 Å². The van der Waals surface area contributed by atoms with E-state index in [1.165, 1.54) is 35.2 Å². The zero-order valence-electron chi connectivity index (χ0n) is 19.2. The smallest absolute Gasteiger partial charge is 0.0621 e. The second-order valence-electron chi connectivity index (χ2n) is 8.69. The van der Waals surface area contributed by atoms with Gasteiger partial charge in [0.15, 0.2) is 0 Å². The largest absolute Gasteiger partial charge is 0.397 e. The number of hydrogen-bond donors (Lipinski definition) is 3. The molecule has 2 aromatic carbocycles. The zero-order valence-corrected chi connectivity index (χ0v) is 19.2. The SMILES string of the molecule is CC.Cc1ccc(Nc2ccc3c(c2N)C(C)C=C3NC2CCC3C=CC=CC32)cc1. The summed E-state index contributed by atoms with van der Waals surface area (Å²) in [6, 6.07) is 13.2. The maximum absolute atomic E-state index is 6.64. The Morgan fingerprint density at radius 2 is 1.68 bits per heavy atom. The molecule has 3 aliphatic carbocycles. The maximum atomic E-state index is 6.64. The summed E-state index contributed by atoms with van der Waals surface area (Å²) in [7, 11) is 0. The van der Waals surface area contributed by atoms with Crippen LogP contribution in [-0.4, -0.2) is 6.04 Å². The van der Waals surface area contributed by atoms with Gasteiger partial charge in [0, 0.05) is 34.8 Å². The minimum atomic E-state index is 0.311. The molecule has 5 rings (SSSR count). The Bertz CT molecular complexity index is 1010. The predicted molar refractivity (Wildman–Crippen MR) is 134 cm³/mol. The molecule has 0 saturated heterocycles. The summed E-state index contributed by atoms with van der Waals surface area (Å²) in [4.78, 5) is 0. The molecule has 3 aliphatic rings. The van der Waals surface area contributed by atoms with E-state index in [2.05, 4.69) is 91.3 Å². The number of benzene rings is 2. The van der Waals surface area contributed by atoms with Crippen molar-refractivity contribution in [2.45, 2.75) is 52.5 Å². The number of nitrogens with one attached hydrogen (secondary N) is 2. The van der Waals surface area contributed by atoms with Gasteiger partial charge in [0.1, 0.15) is 0 Å². The van der Waals surface area contributed by atoms with E-state index in [0.717, 1.165) is 17.1 Å². The summed E-state index contributed by atoms with van der Waals surface area (Å²) in [6.45, 7) is 8.33. The van der Waals surface area contributed by atoms with E-state index < -0.39 is 0 Å². The highest BCUT2D eigenvalue weighted by molar-refractivity contribution is 5.86. The number of anilines is 3. The van der Waals surface area contributed by atoms with Gasteiger partial charge in [-0.25, -0.2) is 0 Å². The average molecular weight is 414 g/mol. The van der Waals surface area contributed by atoms with Crippen LogP contribution in [0.1, 0.15) is 56.2 Å². The highest BCUT2D eigenvalue weighted by Gasteiger charge is 2.35. The Labute approximate surface area is 187 Å². The summed E-state index contributed by atoms with van der Waals surface area (Å²) in [5.74, 6) is 1.59. The van der Waals surface area contributed by atoms with Crippen LogP contribution in [0, 0.1) is 18.8 Å². The summed E-state index contributed by atoms with van der Waals surface area (Å²) in [6.07, 6.45) is 14.0. The van der Waals surface area contributed by atoms with Crippen molar-refractivity contribution in [3.05, 3.63) is 83.5 Å². The van der Waals surface area contributed by atoms with Crippen LogP contribution in [0.15, 0.2) is 66.8 Å². The Hall–Kier alpha value is -2.94. The van der Waals surface area contributed by atoms with Gasteiger partial charge in [0.25, 0.3) is 0 Å². The highest BCUT2D eigenvalue weighted by atomic mass is 15.0. The molecule has 1 fully saturated rings. The monoisotopic (exact) mass is 413 g/mol. The Morgan fingerprint density at radius 1 is 0.935 bits per heavy atom. The lowest BCUT2D eigenvalue weighted by molar-refractivity contribution is 0.471. The lowest BCUT2D eigenvalue weighted by Gasteiger charge is -2.25. The number of aryl methyl sites for hydroxylation is 1. The van der Waals surface area contributed by atoms with Crippen LogP contribution < -0.4 is 16.4 Å². The van der Waals surface area contributed by atoms with Gasteiger partial charge in [0.05, 0.1) is 11.4 Å². The van der Waals surface area contributed by atoms with E-state index in [1.54, 1.807) is 0 Å². The molecule has 2 aromatic rings. The molecule has 0 bridgehead atoms. The molecule has 0 heterocycles. The first-order valence-corrected chi connectivity index (χ1v) is 11.7. The molecule has 4 unspecified atom stereocenters. The summed E-state index contributed by atoms with van der Waals surface area (Å²) >= 11 is 0. The maximum Gasteiger partial charge on any atom is 0.0621 e. The van der Waals surface area contributed by atoms with Crippen molar-refractivity contribution in [3.63, 3.8) is 0 Å². The minimum absolute atomic E-state index is 0.311. The van der Waals surface area contributed by atoms with Crippen LogP contribution in [0.2, 0.25) is 0 Å². The van der Waals surface area contributed by atoms with Crippen LogP contribution in [0.3, 0.4) is 0 Å². The number of fused-ring (bicyclic) bond motifs is 2. The fourth-order valence-corrected chi connectivity index (χ4v) is 5.14. The molecule has 0 aliphatic heterocycles. The van der Waals surface area contributed by atoms with Crippen LogP contribution in [0.5, 0.6) is 0 Å². The first-order valence-electron chi connectivity index (χ1n) is 11.7. The van der Waals surface area contributed by atoms with Crippen molar-refractivity contribution >= 4 is 22.8 Å². The molecule has 3 nitrogen and oxygen atoms in total. The molecule has 0 aromatic heterocycles. The summed E-state index contributed by atoms with van der Waals surface area (Å²) in [5, 5.41) is 7.36. The lowest BCUT2D eigenvalue weighted by atomic mass is 9.89. The molecule has 4 N–H and O–H groups in total. The van der Waals surface area contributed by atoms with Crippen molar-refractivity contribution in [3.8, 4) is 0 Å². The predicted octanol–water partition coefficient (Wildman–Crippen LogP) is 6.92. The first-order chi connectivity index (χ1) is 15.1. The molecule has 0 amide bonds. The second-order valence-corrected chi connectivity index (χ2v) is 8.69. The Kier molecular flexibility index (Phi) is 6.22. The van der Waals surface area contributed by atoms with Crippen molar-refractivity contribution in [1.29, 1.82) is 0 Å². The van der Waals surface area contributed by atoms with Crippen molar-refractivity contribution in [2.75, 3.05) is 11.1 Å². The van der Waals surface area contributed by atoms with E-state index in [0.29, 0.717) is 23.8 Å². The van der Waals surface area contributed by atoms with Crippen molar-refractivity contribution in [2.24, 2.45) is 11.8 Å². The van der Waals surface area contributed by atoms with E-state index in [1.807, 2.05) is 13.8 Å². The van der Waals surface area contributed by atoms with Crippen LogP contribution in [0.4, 0.5) is 17.1 Å². The van der Waals surface area contributed by atoms with Gasteiger partial charge < -0.3 is 16.4 Å². The van der Waals surface area contributed by atoms with Gasteiger partial charge in [-0.3, -0.25) is 0 Å². The molecule has 162 valence electrons. The van der Waals surface area contributed by atoms with Gasteiger partial charge in [-0.2, -0.15) is 0 Å². The number of rotatable bonds is 4. The topological polar surface area (TPSA) is 50.1 Å². The van der Waals surface area contributed by atoms with Gasteiger partial charge in [0.2, 0.25) is 0 Å². The number of nitrogen functional groups attached to an aromatic ring is 1. The Morgan fingerprint density at radius 3 is 2.45 bits per heavy atom. The standard InChI is InChI=1S/C26H29N3.C2H6/c1-16-7-10-19(11-8-16)28-23-14-12-21-24(15-17(2)25(21)26(23)27)29-22-13-9-18-5-3-4-6-20(18)22;1-2/h3-8,10-12,14-15,17-18,20,22,28-29H,9,13,27H2,1-2H3;1-2H3. The number of hydrogen-bond acceptors (Lipinski definition) is 3. The fraction of sp³-hybridized carbons (Fsp3) is 0.357.